The molecule has 0 heterocycles. The van der Waals surface area contributed by atoms with Crippen LogP contribution in [-0.4, -0.2) is 38.0 Å². The highest BCUT2D eigenvalue weighted by Crippen LogP contribution is 2.14. The van der Waals surface area contributed by atoms with E-state index in [0.717, 1.165) is 6.54 Å². The molecule has 0 unspecified atom stereocenters. The molecule has 0 atom stereocenters. The number of carbonyl (C=O) groups is 1. The molecule has 0 fully saturated rings. The Kier molecular flexibility index (Phi) is 5.15. The topological polar surface area (TPSA) is 32.3 Å². The van der Waals surface area contributed by atoms with Crippen molar-refractivity contribution in [2.24, 2.45) is 0 Å². The van der Waals surface area contributed by atoms with E-state index in [-0.39, 0.29) is 5.56 Å². The third-order valence-corrected chi connectivity index (χ3v) is 2.50. The number of rotatable bonds is 5. The zero-order valence-electron chi connectivity index (χ0n) is 10.3. The average molecular weight is 260 g/mol. The summed E-state index contributed by atoms with van der Waals surface area (Å²) in [6.07, 6.45) is 0.713. The van der Waals surface area contributed by atoms with E-state index in [1.54, 1.807) is 7.05 Å². The van der Waals surface area contributed by atoms with Crippen molar-refractivity contribution in [1.82, 2.24) is 10.2 Å². The number of hydrogen-bond donors (Lipinski definition) is 1. The summed E-state index contributed by atoms with van der Waals surface area (Å²) in [5, 5.41) is 2.92. The summed E-state index contributed by atoms with van der Waals surface area (Å²) < 4.78 is 38.7. The summed E-state index contributed by atoms with van der Waals surface area (Å²) in [6, 6.07) is 1.41. The second-order valence-electron chi connectivity index (χ2n) is 3.94. The van der Waals surface area contributed by atoms with Crippen LogP contribution in [0.5, 0.6) is 0 Å². The largest absolute Gasteiger partial charge is 0.342 e. The van der Waals surface area contributed by atoms with Crippen molar-refractivity contribution in [1.29, 1.82) is 0 Å². The first-order valence-electron chi connectivity index (χ1n) is 5.52. The fourth-order valence-corrected chi connectivity index (χ4v) is 1.49. The summed E-state index contributed by atoms with van der Waals surface area (Å²) in [5.41, 5.74) is -0.196. The van der Waals surface area contributed by atoms with E-state index in [1.807, 2.05) is 0 Å². The summed E-state index contributed by atoms with van der Waals surface area (Å²) in [6.45, 7) is 1.17. The fraction of sp³-hybridized carbons (Fsp3) is 0.417. The van der Waals surface area contributed by atoms with E-state index in [2.05, 4.69) is 5.32 Å². The molecule has 100 valence electrons. The van der Waals surface area contributed by atoms with Gasteiger partial charge >= 0.3 is 0 Å². The van der Waals surface area contributed by atoms with Crippen LogP contribution in [0.2, 0.25) is 0 Å². The number of amides is 1. The first-order valence-corrected chi connectivity index (χ1v) is 5.52. The first kappa shape index (κ1) is 14.5. The Balaban J connectivity index is 2.77. The second kappa shape index (κ2) is 6.39. The quantitative estimate of drug-likeness (QED) is 0.646. The lowest BCUT2D eigenvalue weighted by Crippen LogP contribution is -2.29. The molecule has 6 heteroatoms. The number of hydrogen-bond acceptors (Lipinski definition) is 2. The predicted octanol–water partition coefficient (Wildman–Crippen LogP) is 1.79. The van der Waals surface area contributed by atoms with Gasteiger partial charge in [0.1, 0.15) is 0 Å². The monoisotopic (exact) mass is 260 g/mol. The maximum Gasteiger partial charge on any atom is 0.253 e. The molecule has 0 bridgehead atoms. The maximum absolute atomic E-state index is 13.0. The fourth-order valence-electron chi connectivity index (χ4n) is 1.49. The van der Waals surface area contributed by atoms with Gasteiger partial charge in [-0.1, -0.05) is 0 Å². The van der Waals surface area contributed by atoms with Crippen molar-refractivity contribution in [3.8, 4) is 0 Å². The zero-order chi connectivity index (χ0) is 13.7. The molecule has 0 saturated carbocycles. The Bertz CT molecular complexity index is 414. The molecule has 0 aliphatic heterocycles. The molecule has 1 N–H and O–H groups in total. The number of carbonyl (C=O) groups excluding carboxylic acids is 1. The van der Waals surface area contributed by atoms with Crippen molar-refractivity contribution in [3.63, 3.8) is 0 Å². The molecule has 0 saturated heterocycles. The lowest BCUT2D eigenvalue weighted by Gasteiger charge is -2.17. The van der Waals surface area contributed by atoms with Gasteiger partial charge in [-0.15, -0.1) is 0 Å². The smallest absolute Gasteiger partial charge is 0.253 e. The van der Waals surface area contributed by atoms with Crippen molar-refractivity contribution >= 4 is 5.91 Å². The van der Waals surface area contributed by atoms with Crippen LogP contribution < -0.4 is 5.32 Å². The summed E-state index contributed by atoms with van der Waals surface area (Å²) >= 11 is 0. The van der Waals surface area contributed by atoms with Crippen LogP contribution in [-0.2, 0) is 0 Å². The van der Waals surface area contributed by atoms with Gasteiger partial charge in [0.15, 0.2) is 17.5 Å². The summed E-state index contributed by atoms with van der Waals surface area (Å²) in [5.74, 6) is -4.82. The standard InChI is InChI=1S/C12H15F3N2O/c1-16-4-3-5-17(2)12(18)8-6-9(13)11(15)10(14)7-8/h6-7,16H,3-5H2,1-2H3. The number of benzene rings is 1. The molecule has 1 amide bonds. The molecular formula is C12H15F3N2O. The van der Waals surface area contributed by atoms with Crippen molar-refractivity contribution < 1.29 is 18.0 Å². The second-order valence-corrected chi connectivity index (χ2v) is 3.94. The molecule has 1 aromatic carbocycles. The van der Waals surface area contributed by atoms with Crippen molar-refractivity contribution in [2.45, 2.75) is 6.42 Å². The van der Waals surface area contributed by atoms with Gasteiger partial charge in [-0.2, -0.15) is 0 Å². The highest BCUT2D eigenvalue weighted by molar-refractivity contribution is 5.94. The molecule has 0 radical (unpaired) electrons. The molecule has 1 aromatic rings. The van der Waals surface area contributed by atoms with Crippen LogP contribution in [0.1, 0.15) is 16.8 Å². The van der Waals surface area contributed by atoms with Gasteiger partial charge in [-0.3, -0.25) is 4.79 Å². The minimum Gasteiger partial charge on any atom is -0.342 e. The predicted molar refractivity (Wildman–Crippen MR) is 61.8 cm³/mol. The van der Waals surface area contributed by atoms with Crippen LogP contribution in [0.3, 0.4) is 0 Å². The Labute approximate surface area is 104 Å². The normalized spacial score (nSPS) is 10.5. The molecule has 1 rings (SSSR count). The summed E-state index contributed by atoms with van der Waals surface area (Å²) in [7, 11) is 3.31. The molecule has 18 heavy (non-hydrogen) atoms. The van der Waals surface area contributed by atoms with E-state index in [1.165, 1.54) is 11.9 Å². The van der Waals surface area contributed by atoms with Gasteiger partial charge in [-0.25, -0.2) is 13.2 Å². The van der Waals surface area contributed by atoms with Crippen LogP contribution >= 0.6 is 0 Å². The third-order valence-electron chi connectivity index (χ3n) is 2.50. The Morgan fingerprint density at radius 3 is 2.33 bits per heavy atom. The first-order chi connectivity index (χ1) is 8.47. The van der Waals surface area contributed by atoms with Gasteiger partial charge in [0, 0.05) is 19.2 Å². The minimum atomic E-state index is -1.57. The van der Waals surface area contributed by atoms with Gasteiger partial charge < -0.3 is 10.2 Å². The van der Waals surface area contributed by atoms with E-state index in [9.17, 15) is 18.0 Å². The van der Waals surface area contributed by atoms with Crippen LogP contribution in [0, 0.1) is 17.5 Å². The van der Waals surface area contributed by atoms with E-state index in [4.69, 9.17) is 0 Å². The van der Waals surface area contributed by atoms with Crippen molar-refractivity contribution in [2.75, 3.05) is 27.2 Å². The van der Waals surface area contributed by atoms with E-state index in [0.29, 0.717) is 25.1 Å². The SMILES string of the molecule is CNCCCN(C)C(=O)c1cc(F)c(F)c(F)c1. The number of nitrogens with zero attached hydrogens (tertiary/aromatic N) is 1. The highest BCUT2D eigenvalue weighted by atomic mass is 19.2. The molecular weight excluding hydrogens is 245 g/mol. The average Bonchev–Trinajstić information content (AvgIpc) is 2.34. The number of nitrogens with one attached hydrogen (secondary N) is 1. The third kappa shape index (κ3) is 3.46. The lowest BCUT2D eigenvalue weighted by atomic mass is 10.2. The van der Waals surface area contributed by atoms with Crippen LogP contribution in [0.4, 0.5) is 13.2 Å². The van der Waals surface area contributed by atoms with Crippen molar-refractivity contribution in [3.05, 3.63) is 35.1 Å². The van der Waals surface area contributed by atoms with E-state index >= 15 is 0 Å². The Hall–Kier alpha value is -1.56. The summed E-state index contributed by atoms with van der Waals surface area (Å²) in [4.78, 5) is 13.1. The van der Waals surface area contributed by atoms with Crippen LogP contribution in [0.15, 0.2) is 12.1 Å². The van der Waals surface area contributed by atoms with E-state index < -0.39 is 23.4 Å². The maximum atomic E-state index is 13.0. The van der Waals surface area contributed by atoms with Crippen LogP contribution in [0.25, 0.3) is 0 Å². The van der Waals surface area contributed by atoms with Gasteiger partial charge in [0.25, 0.3) is 5.91 Å². The molecule has 0 aliphatic carbocycles. The Morgan fingerprint density at radius 2 is 1.83 bits per heavy atom. The molecule has 3 nitrogen and oxygen atoms in total. The minimum absolute atomic E-state index is 0.196. The Morgan fingerprint density at radius 1 is 1.28 bits per heavy atom. The molecule has 0 spiro atoms. The lowest BCUT2D eigenvalue weighted by molar-refractivity contribution is 0.0792. The molecule has 0 aromatic heterocycles. The zero-order valence-corrected chi connectivity index (χ0v) is 10.3. The van der Waals surface area contributed by atoms with Gasteiger partial charge in [-0.05, 0) is 32.1 Å². The van der Waals surface area contributed by atoms with Gasteiger partial charge in [0.05, 0.1) is 0 Å². The van der Waals surface area contributed by atoms with Gasteiger partial charge in [0.2, 0.25) is 0 Å². The number of halogens is 3. The highest BCUT2D eigenvalue weighted by Gasteiger charge is 2.17. The molecule has 0 aliphatic rings.